The van der Waals surface area contributed by atoms with E-state index in [0.29, 0.717) is 28.1 Å². The number of anilines is 1. The Labute approximate surface area is 217 Å². The van der Waals surface area contributed by atoms with Crippen LogP contribution in [0.4, 0.5) is 5.69 Å². The average Bonchev–Trinajstić information content (AvgIpc) is 3.40. The van der Waals surface area contributed by atoms with Crippen LogP contribution in [0.3, 0.4) is 0 Å². The molecular formula is C28H22N6O4. The predicted molar refractivity (Wildman–Crippen MR) is 139 cm³/mol. The fourth-order valence-electron chi connectivity index (χ4n) is 4.56. The molecule has 0 saturated heterocycles. The summed E-state index contributed by atoms with van der Waals surface area (Å²) in [6, 6.07) is 19.8. The molecule has 0 bridgehead atoms. The SMILES string of the molecule is COC(=O)C1=C(C(=O)OC)N(c2ccc3nc(-c4cccnc4)[nH]c3c2)C(N)=C(C#N)C1c1ccccc1. The molecule has 0 spiro atoms. The molecule has 1 atom stereocenters. The second-order valence-corrected chi connectivity index (χ2v) is 8.36. The number of allylic oxidation sites excluding steroid dienone is 1. The molecule has 4 aromatic rings. The van der Waals surface area contributed by atoms with E-state index in [1.165, 1.54) is 19.1 Å². The number of esters is 2. The third-order valence-electron chi connectivity index (χ3n) is 6.27. The Kier molecular flexibility index (Phi) is 6.33. The highest BCUT2D eigenvalue weighted by atomic mass is 16.5. The first-order valence-corrected chi connectivity index (χ1v) is 11.5. The number of pyridine rings is 1. The molecule has 1 unspecified atom stereocenters. The van der Waals surface area contributed by atoms with Gasteiger partial charge in [-0.05, 0) is 35.9 Å². The molecule has 10 heteroatoms. The molecule has 0 radical (unpaired) electrons. The third-order valence-corrected chi connectivity index (χ3v) is 6.27. The van der Waals surface area contributed by atoms with Crippen molar-refractivity contribution in [3.63, 3.8) is 0 Å². The molecule has 2 aromatic heterocycles. The summed E-state index contributed by atoms with van der Waals surface area (Å²) in [5.74, 6) is -1.95. The Morgan fingerprint density at radius 1 is 1.05 bits per heavy atom. The van der Waals surface area contributed by atoms with E-state index in [2.05, 4.69) is 21.0 Å². The van der Waals surface area contributed by atoms with Crippen LogP contribution in [-0.2, 0) is 19.1 Å². The maximum absolute atomic E-state index is 13.2. The Hall–Kier alpha value is -5.43. The van der Waals surface area contributed by atoms with Crippen molar-refractivity contribution >= 4 is 28.7 Å². The Bertz CT molecular complexity index is 1650. The molecule has 0 amide bonds. The van der Waals surface area contributed by atoms with Crippen LogP contribution < -0.4 is 10.6 Å². The Morgan fingerprint density at radius 3 is 2.47 bits per heavy atom. The summed E-state index contributed by atoms with van der Waals surface area (Å²) in [7, 11) is 2.42. The maximum atomic E-state index is 13.2. The number of aromatic nitrogens is 3. The summed E-state index contributed by atoms with van der Waals surface area (Å²) in [5.41, 5.74) is 9.57. The van der Waals surface area contributed by atoms with E-state index in [0.717, 1.165) is 5.56 Å². The second kappa shape index (κ2) is 9.91. The molecule has 1 aliphatic heterocycles. The molecule has 3 N–H and O–H groups in total. The van der Waals surface area contributed by atoms with Crippen molar-refractivity contribution < 1.29 is 19.1 Å². The van der Waals surface area contributed by atoms with Gasteiger partial charge in [-0.25, -0.2) is 14.6 Å². The number of nitrogens with zero attached hydrogens (tertiary/aromatic N) is 4. The minimum atomic E-state index is -0.938. The molecular weight excluding hydrogens is 484 g/mol. The topological polar surface area (TPSA) is 147 Å². The predicted octanol–water partition coefficient (Wildman–Crippen LogP) is 3.52. The van der Waals surface area contributed by atoms with Gasteiger partial charge in [0.05, 0.1) is 54.1 Å². The van der Waals surface area contributed by atoms with Crippen LogP contribution in [0.25, 0.3) is 22.4 Å². The van der Waals surface area contributed by atoms with E-state index in [-0.39, 0.29) is 22.7 Å². The van der Waals surface area contributed by atoms with Gasteiger partial charge in [-0.1, -0.05) is 30.3 Å². The van der Waals surface area contributed by atoms with Gasteiger partial charge in [0.15, 0.2) is 0 Å². The number of carbonyl (C=O) groups is 2. The molecule has 2 aromatic carbocycles. The first kappa shape index (κ1) is 24.3. The monoisotopic (exact) mass is 506 g/mol. The zero-order chi connectivity index (χ0) is 26.8. The highest BCUT2D eigenvalue weighted by Crippen LogP contribution is 2.43. The van der Waals surface area contributed by atoms with Crippen LogP contribution in [0, 0.1) is 11.3 Å². The van der Waals surface area contributed by atoms with Crippen molar-refractivity contribution in [3.05, 3.63) is 101 Å². The number of carbonyl (C=O) groups excluding carboxylic acids is 2. The molecule has 1 aliphatic rings. The lowest BCUT2D eigenvalue weighted by molar-refractivity contribution is -0.139. The zero-order valence-electron chi connectivity index (χ0n) is 20.5. The van der Waals surface area contributed by atoms with Crippen molar-refractivity contribution in [2.75, 3.05) is 19.1 Å². The van der Waals surface area contributed by atoms with Gasteiger partial charge in [0.25, 0.3) is 0 Å². The first-order valence-electron chi connectivity index (χ1n) is 11.5. The fourth-order valence-corrected chi connectivity index (χ4v) is 4.56. The molecule has 0 fully saturated rings. The van der Waals surface area contributed by atoms with Crippen molar-refractivity contribution in [1.29, 1.82) is 5.26 Å². The summed E-state index contributed by atoms with van der Waals surface area (Å²) < 4.78 is 10.2. The number of benzene rings is 2. The van der Waals surface area contributed by atoms with Gasteiger partial charge in [-0.15, -0.1) is 0 Å². The standard InChI is InChI=1S/C28H22N6O4/c1-37-27(35)23-22(16-7-4-3-5-8-16)19(14-29)25(30)34(24(23)28(36)38-2)18-10-11-20-21(13-18)33-26(32-20)17-9-6-12-31-15-17/h3-13,15,22H,30H2,1-2H3,(H,32,33). The van der Waals surface area contributed by atoms with Crippen LogP contribution in [0.15, 0.2) is 95.7 Å². The average molecular weight is 507 g/mol. The van der Waals surface area contributed by atoms with E-state index >= 15 is 0 Å². The number of methoxy groups -OCH3 is 2. The van der Waals surface area contributed by atoms with Gasteiger partial charge in [-0.3, -0.25) is 9.88 Å². The molecule has 188 valence electrons. The number of hydrogen-bond acceptors (Lipinski definition) is 9. The van der Waals surface area contributed by atoms with Crippen molar-refractivity contribution in [2.24, 2.45) is 5.73 Å². The van der Waals surface area contributed by atoms with E-state index in [4.69, 9.17) is 15.2 Å². The minimum absolute atomic E-state index is 0.0132. The van der Waals surface area contributed by atoms with Crippen LogP contribution in [-0.4, -0.2) is 41.1 Å². The smallest absolute Gasteiger partial charge is 0.355 e. The van der Waals surface area contributed by atoms with Gasteiger partial charge < -0.3 is 20.2 Å². The number of hydrogen-bond donors (Lipinski definition) is 2. The molecule has 5 rings (SSSR count). The van der Waals surface area contributed by atoms with Gasteiger partial charge in [0.2, 0.25) is 0 Å². The normalized spacial score (nSPS) is 15.4. The highest BCUT2D eigenvalue weighted by molar-refractivity contribution is 6.06. The van der Waals surface area contributed by atoms with Crippen LogP contribution in [0.2, 0.25) is 0 Å². The minimum Gasteiger partial charge on any atom is -0.466 e. The second-order valence-electron chi connectivity index (χ2n) is 8.36. The van der Waals surface area contributed by atoms with Gasteiger partial charge >= 0.3 is 11.9 Å². The number of H-pyrrole nitrogens is 1. The number of nitrogens with one attached hydrogen (secondary N) is 1. The van der Waals surface area contributed by atoms with Crippen molar-refractivity contribution in [3.8, 4) is 17.5 Å². The van der Waals surface area contributed by atoms with Crippen LogP contribution in [0.5, 0.6) is 0 Å². The lowest BCUT2D eigenvalue weighted by Crippen LogP contribution is -2.40. The van der Waals surface area contributed by atoms with Gasteiger partial charge in [-0.2, -0.15) is 5.26 Å². The number of rotatable bonds is 5. The van der Waals surface area contributed by atoms with Crippen LogP contribution in [0.1, 0.15) is 11.5 Å². The number of fused-ring (bicyclic) bond motifs is 1. The van der Waals surface area contributed by atoms with Crippen molar-refractivity contribution in [1.82, 2.24) is 15.0 Å². The van der Waals surface area contributed by atoms with E-state index < -0.39 is 17.9 Å². The van der Waals surface area contributed by atoms with E-state index in [9.17, 15) is 14.9 Å². The molecule has 3 heterocycles. The summed E-state index contributed by atoms with van der Waals surface area (Å²) >= 11 is 0. The molecule has 0 aliphatic carbocycles. The Balaban J connectivity index is 1.75. The molecule has 10 nitrogen and oxygen atoms in total. The first-order chi connectivity index (χ1) is 18.5. The quantitative estimate of drug-likeness (QED) is 0.388. The fraction of sp³-hybridized carbons (Fsp3) is 0.107. The van der Waals surface area contributed by atoms with Crippen molar-refractivity contribution in [2.45, 2.75) is 5.92 Å². The summed E-state index contributed by atoms with van der Waals surface area (Å²) in [6.07, 6.45) is 3.36. The lowest BCUT2D eigenvalue weighted by Gasteiger charge is -2.35. The maximum Gasteiger partial charge on any atom is 0.355 e. The largest absolute Gasteiger partial charge is 0.466 e. The lowest BCUT2D eigenvalue weighted by atomic mass is 9.81. The Morgan fingerprint density at radius 2 is 1.82 bits per heavy atom. The molecule has 0 saturated carbocycles. The van der Waals surface area contributed by atoms with Gasteiger partial charge in [0, 0.05) is 18.0 Å². The highest BCUT2D eigenvalue weighted by Gasteiger charge is 2.43. The number of nitrogens with two attached hydrogens (primary N) is 1. The number of ether oxygens (including phenoxy) is 2. The number of imidazole rings is 1. The molecule has 38 heavy (non-hydrogen) atoms. The van der Waals surface area contributed by atoms with E-state index in [1.807, 2.05) is 12.1 Å². The number of nitriles is 1. The van der Waals surface area contributed by atoms with Gasteiger partial charge in [0.1, 0.15) is 17.3 Å². The third kappa shape index (κ3) is 4.02. The summed E-state index contributed by atoms with van der Waals surface area (Å²) in [5, 5.41) is 10.2. The summed E-state index contributed by atoms with van der Waals surface area (Å²) in [6.45, 7) is 0. The zero-order valence-corrected chi connectivity index (χ0v) is 20.5. The number of aromatic amines is 1. The van der Waals surface area contributed by atoms with Crippen LogP contribution >= 0.6 is 0 Å². The summed E-state index contributed by atoms with van der Waals surface area (Å²) in [4.78, 5) is 39.8. The van der Waals surface area contributed by atoms with E-state index in [1.54, 1.807) is 60.9 Å².